The molecule has 2 atom stereocenters. The quantitative estimate of drug-likeness (QED) is 0.577. The molecule has 0 aliphatic carbocycles. The third-order valence-electron chi connectivity index (χ3n) is 3.96. The van der Waals surface area contributed by atoms with Gasteiger partial charge in [-0.3, -0.25) is 0 Å². The van der Waals surface area contributed by atoms with Crippen molar-refractivity contribution in [3.05, 3.63) is 0 Å². The van der Waals surface area contributed by atoms with Gasteiger partial charge in [0.2, 0.25) is 0 Å². The molecule has 0 aromatic rings. The summed E-state index contributed by atoms with van der Waals surface area (Å²) in [5.41, 5.74) is 0. The minimum Gasteiger partial charge on any atom is -0.381 e. The van der Waals surface area contributed by atoms with E-state index >= 15 is 0 Å². The maximum absolute atomic E-state index is 5.61. The van der Waals surface area contributed by atoms with Gasteiger partial charge < -0.3 is 23.7 Å². The molecular formula is C16H30O5. The maximum Gasteiger partial charge on any atom is 0.0701 e. The first kappa shape index (κ1) is 17.2. The highest BCUT2D eigenvalue weighted by atomic mass is 16.5. The molecule has 2 saturated heterocycles. The van der Waals surface area contributed by atoms with Crippen LogP contribution in [0.15, 0.2) is 0 Å². The van der Waals surface area contributed by atoms with E-state index in [1.165, 1.54) is 12.8 Å². The van der Waals surface area contributed by atoms with Gasteiger partial charge in [0.05, 0.1) is 52.9 Å². The lowest BCUT2D eigenvalue weighted by molar-refractivity contribution is -0.0297. The molecule has 2 fully saturated rings. The van der Waals surface area contributed by atoms with Gasteiger partial charge in [0.1, 0.15) is 0 Å². The minimum absolute atomic E-state index is 0.569. The van der Waals surface area contributed by atoms with Gasteiger partial charge in [-0.15, -0.1) is 0 Å². The van der Waals surface area contributed by atoms with Crippen molar-refractivity contribution in [1.82, 2.24) is 0 Å². The normalized spacial score (nSPS) is 26.9. The van der Waals surface area contributed by atoms with E-state index in [0.717, 1.165) is 52.5 Å². The van der Waals surface area contributed by atoms with Gasteiger partial charge in [0.25, 0.3) is 0 Å². The Bertz CT molecular complexity index is 213. The topological polar surface area (TPSA) is 46.2 Å². The second-order valence-corrected chi connectivity index (χ2v) is 5.93. The Hall–Kier alpha value is -0.200. The maximum atomic E-state index is 5.61. The van der Waals surface area contributed by atoms with E-state index in [9.17, 15) is 0 Å². The van der Waals surface area contributed by atoms with E-state index in [1.807, 2.05) is 0 Å². The Balaban J connectivity index is 1.30. The predicted molar refractivity (Wildman–Crippen MR) is 79.5 cm³/mol. The average molecular weight is 302 g/mol. The number of hydrogen-bond donors (Lipinski definition) is 0. The zero-order chi connectivity index (χ0) is 14.6. The molecule has 0 bridgehead atoms. The summed E-state index contributed by atoms with van der Waals surface area (Å²) in [6.07, 6.45) is 4.76. The lowest BCUT2D eigenvalue weighted by Crippen LogP contribution is -2.23. The van der Waals surface area contributed by atoms with Crippen LogP contribution in [0.25, 0.3) is 0 Å². The molecule has 0 amide bonds. The van der Waals surface area contributed by atoms with Gasteiger partial charge in [0, 0.05) is 25.0 Å². The van der Waals surface area contributed by atoms with Crippen molar-refractivity contribution in [2.75, 3.05) is 66.1 Å². The molecule has 21 heavy (non-hydrogen) atoms. The highest BCUT2D eigenvalue weighted by Gasteiger charge is 2.14. The first-order chi connectivity index (χ1) is 10.4. The zero-order valence-electron chi connectivity index (χ0n) is 13.1. The average Bonchev–Trinajstić information content (AvgIpc) is 2.55. The molecule has 5 heteroatoms. The second-order valence-electron chi connectivity index (χ2n) is 5.93. The Morgan fingerprint density at radius 2 is 1.14 bits per heavy atom. The van der Waals surface area contributed by atoms with Crippen LogP contribution in [0.2, 0.25) is 0 Å². The minimum atomic E-state index is 0.569. The molecule has 0 aromatic heterocycles. The van der Waals surface area contributed by atoms with Crippen LogP contribution >= 0.6 is 0 Å². The number of ether oxygens (including phenoxy) is 5. The number of rotatable bonds is 10. The molecule has 2 unspecified atom stereocenters. The second kappa shape index (κ2) is 11.4. The Kier molecular flexibility index (Phi) is 9.30. The van der Waals surface area contributed by atoms with E-state index in [2.05, 4.69) is 0 Å². The third-order valence-corrected chi connectivity index (χ3v) is 3.96. The van der Waals surface area contributed by atoms with Gasteiger partial charge in [-0.2, -0.15) is 0 Å². The summed E-state index contributed by atoms with van der Waals surface area (Å²) >= 11 is 0. The molecule has 0 spiro atoms. The fraction of sp³-hybridized carbons (Fsp3) is 1.00. The molecule has 0 radical (unpaired) electrons. The molecule has 5 nitrogen and oxygen atoms in total. The molecule has 0 aromatic carbocycles. The molecule has 2 rings (SSSR count). The van der Waals surface area contributed by atoms with Crippen LogP contribution in [-0.2, 0) is 23.7 Å². The van der Waals surface area contributed by atoms with Crippen LogP contribution < -0.4 is 0 Å². The van der Waals surface area contributed by atoms with Crippen molar-refractivity contribution in [2.45, 2.75) is 25.7 Å². The molecule has 2 aliphatic rings. The molecule has 0 saturated carbocycles. The van der Waals surface area contributed by atoms with Gasteiger partial charge in [-0.25, -0.2) is 0 Å². The summed E-state index contributed by atoms with van der Waals surface area (Å²) in [4.78, 5) is 0. The Morgan fingerprint density at radius 1 is 0.667 bits per heavy atom. The third kappa shape index (κ3) is 8.12. The molecule has 0 N–H and O–H groups in total. The smallest absolute Gasteiger partial charge is 0.0701 e. The van der Waals surface area contributed by atoms with E-state index in [4.69, 9.17) is 23.7 Å². The summed E-state index contributed by atoms with van der Waals surface area (Å²) < 4.78 is 27.6. The van der Waals surface area contributed by atoms with Crippen molar-refractivity contribution in [3.8, 4) is 0 Å². The van der Waals surface area contributed by atoms with Crippen LogP contribution in [0, 0.1) is 11.8 Å². The highest BCUT2D eigenvalue weighted by Crippen LogP contribution is 2.14. The predicted octanol–water partition coefficient (Wildman–Crippen LogP) is 1.89. The van der Waals surface area contributed by atoms with Crippen molar-refractivity contribution in [1.29, 1.82) is 0 Å². The Morgan fingerprint density at radius 3 is 1.57 bits per heavy atom. The van der Waals surface area contributed by atoms with Crippen molar-refractivity contribution in [3.63, 3.8) is 0 Å². The SMILES string of the molecule is C1COCC(COCCOCCOCC2CCCOC2)C1. The summed E-state index contributed by atoms with van der Waals surface area (Å²) in [6, 6.07) is 0. The van der Waals surface area contributed by atoms with Crippen LogP contribution in [-0.4, -0.2) is 66.1 Å². The summed E-state index contributed by atoms with van der Waals surface area (Å²) in [5.74, 6) is 1.14. The van der Waals surface area contributed by atoms with E-state index in [1.54, 1.807) is 0 Å². The van der Waals surface area contributed by atoms with E-state index < -0.39 is 0 Å². The zero-order valence-corrected chi connectivity index (χ0v) is 13.1. The highest BCUT2D eigenvalue weighted by molar-refractivity contribution is 4.62. The lowest BCUT2D eigenvalue weighted by Gasteiger charge is -2.22. The van der Waals surface area contributed by atoms with Crippen molar-refractivity contribution < 1.29 is 23.7 Å². The first-order valence-electron chi connectivity index (χ1n) is 8.34. The standard InChI is InChI=1S/C16H30O5/c1-3-15(11-18-5-1)13-20-9-7-17-8-10-21-14-16-4-2-6-19-12-16/h15-16H,1-14H2. The van der Waals surface area contributed by atoms with Gasteiger partial charge in [-0.05, 0) is 25.7 Å². The summed E-state index contributed by atoms with van der Waals surface area (Å²) in [6.45, 7) is 7.70. The lowest BCUT2D eigenvalue weighted by atomic mass is 10.0. The van der Waals surface area contributed by atoms with Crippen LogP contribution in [0.3, 0.4) is 0 Å². The van der Waals surface area contributed by atoms with Crippen molar-refractivity contribution in [2.24, 2.45) is 11.8 Å². The molecular weight excluding hydrogens is 272 g/mol. The fourth-order valence-electron chi connectivity index (χ4n) is 2.72. The summed E-state index contributed by atoms with van der Waals surface area (Å²) in [7, 11) is 0. The van der Waals surface area contributed by atoms with E-state index in [-0.39, 0.29) is 0 Å². The van der Waals surface area contributed by atoms with Gasteiger partial charge in [0.15, 0.2) is 0 Å². The van der Waals surface area contributed by atoms with Crippen LogP contribution in [0.5, 0.6) is 0 Å². The molecule has 124 valence electrons. The Labute approximate surface area is 128 Å². The molecule has 2 aliphatic heterocycles. The van der Waals surface area contributed by atoms with Crippen LogP contribution in [0.4, 0.5) is 0 Å². The largest absolute Gasteiger partial charge is 0.381 e. The molecule has 2 heterocycles. The van der Waals surface area contributed by atoms with Gasteiger partial charge in [-0.1, -0.05) is 0 Å². The fourth-order valence-corrected chi connectivity index (χ4v) is 2.72. The van der Waals surface area contributed by atoms with Crippen LogP contribution in [0.1, 0.15) is 25.7 Å². The first-order valence-corrected chi connectivity index (χ1v) is 8.34. The monoisotopic (exact) mass is 302 g/mol. The van der Waals surface area contributed by atoms with Crippen molar-refractivity contribution >= 4 is 0 Å². The van der Waals surface area contributed by atoms with Gasteiger partial charge >= 0.3 is 0 Å². The number of hydrogen-bond acceptors (Lipinski definition) is 5. The summed E-state index contributed by atoms with van der Waals surface area (Å²) in [5, 5.41) is 0. The van der Waals surface area contributed by atoms with E-state index in [0.29, 0.717) is 38.3 Å².